The van der Waals surface area contributed by atoms with E-state index in [1.807, 2.05) is 0 Å². The predicted octanol–water partition coefficient (Wildman–Crippen LogP) is 1.71. The molecule has 0 amide bonds. The molecular weight excluding hydrogens is 124 g/mol. The van der Waals surface area contributed by atoms with Crippen LogP contribution < -0.4 is 0 Å². The highest BCUT2D eigenvalue weighted by molar-refractivity contribution is 6.31. The normalized spacial score (nSPS) is 9.12. The Kier molecular flexibility index (Phi) is 1.35. The highest BCUT2D eigenvalue weighted by atomic mass is 35.5. The second-order valence-electron chi connectivity index (χ2n) is 1.34. The summed E-state index contributed by atoms with van der Waals surface area (Å²) in [6, 6.07) is 0. The quantitative estimate of drug-likeness (QED) is 0.613. The Morgan fingerprint density at radius 2 is 2.62 bits per heavy atom. The molecule has 1 aromatic rings. The standard InChI is InChI=1S/C5H5ClN2/c1-2-5-4(6)3-7-8-5/h2-3H,1H2,(H,7,8). The molecule has 0 bridgehead atoms. The summed E-state index contributed by atoms with van der Waals surface area (Å²) in [5.74, 6) is 0. The van der Waals surface area contributed by atoms with E-state index in [0.717, 1.165) is 5.69 Å². The van der Waals surface area contributed by atoms with E-state index in [1.165, 1.54) is 0 Å². The lowest BCUT2D eigenvalue weighted by molar-refractivity contribution is 1.08. The smallest absolute Gasteiger partial charge is 0.0856 e. The van der Waals surface area contributed by atoms with Gasteiger partial charge < -0.3 is 0 Å². The van der Waals surface area contributed by atoms with Gasteiger partial charge in [-0.3, -0.25) is 5.10 Å². The van der Waals surface area contributed by atoms with E-state index in [4.69, 9.17) is 11.6 Å². The Morgan fingerprint density at radius 3 is 2.88 bits per heavy atom. The van der Waals surface area contributed by atoms with E-state index in [-0.39, 0.29) is 0 Å². The van der Waals surface area contributed by atoms with Crippen LogP contribution in [-0.2, 0) is 0 Å². The van der Waals surface area contributed by atoms with Crippen LogP contribution in [-0.4, -0.2) is 10.2 Å². The molecule has 0 atom stereocenters. The molecule has 0 aliphatic carbocycles. The van der Waals surface area contributed by atoms with Crippen LogP contribution in [0.25, 0.3) is 6.08 Å². The van der Waals surface area contributed by atoms with Crippen molar-refractivity contribution in [2.75, 3.05) is 0 Å². The number of H-pyrrole nitrogens is 1. The maximum atomic E-state index is 5.57. The minimum absolute atomic E-state index is 0.611. The Morgan fingerprint density at radius 1 is 1.88 bits per heavy atom. The molecule has 0 saturated heterocycles. The number of nitrogens with zero attached hydrogens (tertiary/aromatic N) is 1. The number of nitrogens with one attached hydrogen (secondary N) is 1. The minimum Gasteiger partial charge on any atom is -0.277 e. The third-order valence-corrected chi connectivity index (χ3v) is 1.13. The van der Waals surface area contributed by atoms with Gasteiger partial charge in [0, 0.05) is 0 Å². The summed E-state index contributed by atoms with van der Waals surface area (Å²) in [5, 5.41) is 6.93. The summed E-state index contributed by atoms with van der Waals surface area (Å²) in [6.07, 6.45) is 3.16. The molecule has 2 nitrogen and oxygen atoms in total. The molecule has 1 aromatic heterocycles. The summed E-state index contributed by atoms with van der Waals surface area (Å²) in [6.45, 7) is 3.51. The van der Waals surface area contributed by atoms with Crippen molar-refractivity contribution in [3.8, 4) is 0 Å². The summed E-state index contributed by atoms with van der Waals surface area (Å²) in [4.78, 5) is 0. The Bertz CT molecular complexity index is 192. The van der Waals surface area contributed by atoms with Crippen LogP contribution >= 0.6 is 11.6 Å². The Balaban J connectivity index is 3.09. The first-order valence-electron chi connectivity index (χ1n) is 2.16. The molecule has 0 aliphatic rings. The number of rotatable bonds is 1. The molecular formula is C5H5ClN2. The monoisotopic (exact) mass is 128 g/mol. The Labute approximate surface area is 52.2 Å². The minimum atomic E-state index is 0.611. The van der Waals surface area contributed by atoms with Gasteiger partial charge in [0.05, 0.1) is 16.9 Å². The maximum Gasteiger partial charge on any atom is 0.0856 e. The number of aromatic nitrogens is 2. The number of halogens is 1. The van der Waals surface area contributed by atoms with Crippen LogP contribution in [0.1, 0.15) is 5.69 Å². The summed E-state index contributed by atoms with van der Waals surface area (Å²) in [7, 11) is 0. The van der Waals surface area contributed by atoms with Gasteiger partial charge in [-0.2, -0.15) is 5.10 Å². The van der Waals surface area contributed by atoms with E-state index in [1.54, 1.807) is 12.3 Å². The fourth-order valence-electron chi connectivity index (χ4n) is 0.425. The number of hydrogen-bond donors (Lipinski definition) is 1. The zero-order valence-electron chi connectivity index (χ0n) is 4.19. The van der Waals surface area contributed by atoms with Crippen molar-refractivity contribution in [2.24, 2.45) is 0 Å². The van der Waals surface area contributed by atoms with Gasteiger partial charge in [-0.05, 0) is 6.08 Å². The first kappa shape index (κ1) is 5.38. The third kappa shape index (κ3) is 0.746. The van der Waals surface area contributed by atoms with Crippen molar-refractivity contribution in [3.05, 3.63) is 23.5 Å². The first-order valence-corrected chi connectivity index (χ1v) is 2.53. The van der Waals surface area contributed by atoms with Gasteiger partial charge in [-0.25, -0.2) is 0 Å². The van der Waals surface area contributed by atoms with Gasteiger partial charge in [0.2, 0.25) is 0 Å². The van der Waals surface area contributed by atoms with Crippen molar-refractivity contribution in [1.82, 2.24) is 10.2 Å². The van der Waals surface area contributed by atoms with Crippen molar-refractivity contribution in [1.29, 1.82) is 0 Å². The summed E-state index contributed by atoms with van der Waals surface area (Å²) in [5.41, 5.74) is 0.770. The van der Waals surface area contributed by atoms with E-state index in [9.17, 15) is 0 Å². The third-order valence-electron chi connectivity index (χ3n) is 0.824. The van der Waals surface area contributed by atoms with Gasteiger partial charge in [0.1, 0.15) is 0 Å². The molecule has 3 heteroatoms. The summed E-state index contributed by atoms with van der Waals surface area (Å²) < 4.78 is 0. The average molecular weight is 129 g/mol. The second kappa shape index (κ2) is 2.01. The second-order valence-corrected chi connectivity index (χ2v) is 1.74. The van der Waals surface area contributed by atoms with Crippen LogP contribution in [0.5, 0.6) is 0 Å². The maximum absolute atomic E-state index is 5.57. The van der Waals surface area contributed by atoms with Crippen LogP contribution in [0.4, 0.5) is 0 Å². The SMILES string of the molecule is C=Cc1[nH]ncc1Cl. The fraction of sp³-hybridized carbons (Fsp3) is 0. The van der Waals surface area contributed by atoms with Crippen molar-refractivity contribution >= 4 is 17.7 Å². The van der Waals surface area contributed by atoms with Gasteiger partial charge >= 0.3 is 0 Å². The number of hydrogen-bond acceptors (Lipinski definition) is 1. The molecule has 1 N–H and O–H groups in total. The molecule has 0 spiro atoms. The fourth-order valence-corrected chi connectivity index (χ4v) is 0.593. The van der Waals surface area contributed by atoms with E-state index in [2.05, 4.69) is 16.8 Å². The molecule has 1 heterocycles. The zero-order valence-corrected chi connectivity index (χ0v) is 4.94. The molecule has 0 saturated carbocycles. The van der Waals surface area contributed by atoms with Gasteiger partial charge in [-0.15, -0.1) is 0 Å². The van der Waals surface area contributed by atoms with E-state index in [0.29, 0.717) is 5.02 Å². The highest BCUT2D eigenvalue weighted by Gasteiger charge is 1.93. The molecule has 0 fully saturated rings. The molecule has 0 unspecified atom stereocenters. The molecule has 8 heavy (non-hydrogen) atoms. The van der Waals surface area contributed by atoms with Gasteiger partial charge in [0.15, 0.2) is 0 Å². The molecule has 1 rings (SSSR count). The van der Waals surface area contributed by atoms with Crippen LogP contribution in [0.15, 0.2) is 12.8 Å². The molecule has 0 radical (unpaired) electrons. The Hall–Kier alpha value is -0.760. The first-order chi connectivity index (χ1) is 3.84. The van der Waals surface area contributed by atoms with E-state index < -0.39 is 0 Å². The highest BCUT2D eigenvalue weighted by Crippen LogP contribution is 2.11. The molecule has 0 aliphatic heterocycles. The lowest BCUT2D eigenvalue weighted by Gasteiger charge is -1.79. The van der Waals surface area contributed by atoms with Crippen molar-refractivity contribution < 1.29 is 0 Å². The lowest BCUT2D eigenvalue weighted by atomic mass is 10.4. The topological polar surface area (TPSA) is 28.7 Å². The number of aromatic amines is 1. The van der Waals surface area contributed by atoms with Crippen LogP contribution in [0.3, 0.4) is 0 Å². The van der Waals surface area contributed by atoms with Gasteiger partial charge in [0.25, 0.3) is 0 Å². The van der Waals surface area contributed by atoms with Crippen LogP contribution in [0.2, 0.25) is 5.02 Å². The van der Waals surface area contributed by atoms with Crippen molar-refractivity contribution in [2.45, 2.75) is 0 Å². The average Bonchev–Trinajstić information content (AvgIpc) is 2.14. The molecule has 0 aromatic carbocycles. The van der Waals surface area contributed by atoms with Crippen molar-refractivity contribution in [3.63, 3.8) is 0 Å². The molecule has 42 valence electrons. The predicted molar refractivity (Wildman–Crippen MR) is 33.7 cm³/mol. The van der Waals surface area contributed by atoms with Gasteiger partial charge in [-0.1, -0.05) is 18.2 Å². The zero-order chi connectivity index (χ0) is 5.98. The van der Waals surface area contributed by atoms with Crippen LogP contribution in [0, 0.1) is 0 Å². The summed E-state index contributed by atoms with van der Waals surface area (Å²) >= 11 is 5.57. The lowest BCUT2D eigenvalue weighted by Crippen LogP contribution is -1.68. The van der Waals surface area contributed by atoms with E-state index >= 15 is 0 Å². The largest absolute Gasteiger partial charge is 0.277 e.